The molecule has 0 atom stereocenters. The zero-order chi connectivity index (χ0) is 15.0. The van der Waals surface area contributed by atoms with E-state index >= 15 is 0 Å². The Labute approximate surface area is 121 Å². The number of benzene rings is 2. The van der Waals surface area contributed by atoms with Crippen molar-refractivity contribution in [2.24, 2.45) is 0 Å². The van der Waals surface area contributed by atoms with Gasteiger partial charge in [0.05, 0.1) is 16.1 Å². The number of hydrogen-bond donors (Lipinski definition) is 1. The molecule has 1 aromatic heterocycles. The van der Waals surface area contributed by atoms with Crippen LogP contribution in [-0.2, 0) is 10.0 Å². The van der Waals surface area contributed by atoms with E-state index in [2.05, 4.69) is 0 Å². The van der Waals surface area contributed by atoms with Crippen LogP contribution >= 0.6 is 0 Å². The van der Waals surface area contributed by atoms with Gasteiger partial charge in [0.25, 0.3) is 10.0 Å². The summed E-state index contributed by atoms with van der Waals surface area (Å²) in [5, 5.41) is 9.84. The molecule has 0 aliphatic rings. The molecule has 0 spiro atoms. The van der Waals surface area contributed by atoms with Crippen LogP contribution in [-0.4, -0.2) is 12.4 Å². The number of nitrogens with zero attached hydrogens (tertiary/aromatic N) is 2. The second-order valence-electron chi connectivity index (χ2n) is 4.47. The first-order valence-electron chi connectivity index (χ1n) is 6.17. The fraction of sp³-hybridized carbons (Fsp3) is 0. The third-order valence-electron chi connectivity index (χ3n) is 3.26. The maximum absolute atomic E-state index is 12.8. The van der Waals surface area contributed by atoms with Gasteiger partial charge in [0.15, 0.2) is 5.69 Å². The van der Waals surface area contributed by atoms with Gasteiger partial charge in [0, 0.05) is 5.39 Å². The molecule has 0 unspecified atom stereocenters. The van der Waals surface area contributed by atoms with Crippen molar-refractivity contribution >= 4 is 26.6 Å². The van der Waals surface area contributed by atoms with Gasteiger partial charge in [-0.05, 0) is 18.2 Å². The van der Waals surface area contributed by atoms with Crippen molar-refractivity contribution in [3.8, 4) is 6.07 Å². The summed E-state index contributed by atoms with van der Waals surface area (Å²) in [5.41, 5.74) is 6.42. The van der Waals surface area contributed by atoms with Crippen molar-refractivity contribution in [1.82, 2.24) is 3.97 Å². The molecule has 0 aliphatic heterocycles. The Balaban J connectivity index is 2.44. The number of nitriles is 1. The first-order chi connectivity index (χ1) is 10.1. The van der Waals surface area contributed by atoms with Crippen LogP contribution < -0.4 is 5.73 Å². The molecule has 2 N–H and O–H groups in total. The number of nitrogen functional groups attached to an aromatic ring is 1. The Morgan fingerprint density at radius 2 is 1.62 bits per heavy atom. The van der Waals surface area contributed by atoms with E-state index in [0.717, 1.165) is 3.97 Å². The molecule has 2 aromatic carbocycles. The van der Waals surface area contributed by atoms with Crippen molar-refractivity contribution in [1.29, 1.82) is 5.26 Å². The molecule has 3 aromatic rings. The number of para-hydroxylation sites is 1. The molecule has 0 radical (unpaired) electrons. The topological polar surface area (TPSA) is 88.9 Å². The maximum Gasteiger partial charge on any atom is 0.269 e. The Kier molecular flexibility index (Phi) is 2.92. The molecule has 0 saturated heterocycles. The second-order valence-corrected chi connectivity index (χ2v) is 6.26. The number of nitrogens with two attached hydrogens (primary N) is 1. The Morgan fingerprint density at radius 3 is 2.29 bits per heavy atom. The molecule has 0 bridgehead atoms. The minimum absolute atomic E-state index is 0.0694. The first-order valence-corrected chi connectivity index (χ1v) is 7.61. The smallest absolute Gasteiger partial charge is 0.269 e. The van der Waals surface area contributed by atoms with E-state index in [1.165, 1.54) is 12.1 Å². The Hall–Kier alpha value is -2.78. The van der Waals surface area contributed by atoms with Gasteiger partial charge < -0.3 is 5.73 Å². The second kappa shape index (κ2) is 4.65. The Morgan fingerprint density at radius 1 is 1.00 bits per heavy atom. The molecule has 0 saturated carbocycles. The zero-order valence-corrected chi connectivity index (χ0v) is 11.7. The lowest BCUT2D eigenvalue weighted by Crippen LogP contribution is -2.14. The Bertz CT molecular complexity index is 967. The summed E-state index contributed by atoms with van der Waals surface area (Å²) in [6.07, 6.45) is 0. The molecule has 0 fully saturated rings. The van der Waals surface area contributed by atoms with Gasteiger partial charge in [-0.2, -0.15) is 5.26 Å². The normalized spacial score (nSPS) is 11.4. The highest BCUT2D eigenvalue weighted by molar-refractivity contribution is 7.90. The van der Waals surface area contributed by atoms with Crippen LogP contribution in [0.15, 0.2) is 59.5 Å². The molecule has 104 valence electrons. The molecule has 6 heteroatoms. The number of rotatable bonds is 2. The van der Waals surface area contributed by atoms with Gasteiger partial charge in [0.2, 0.25) is 0 Å². The van der Waals surface area contributed by atoms with E-state index < -0.39 is 10.0 Å². The standard InChI is InChI=1S/C15H11N3O2S/c16-10-14-15(17)12-8-4-5-9-13(12)18(14)21(19,20)11-6-2-1-3-7-11/h1-9H,17H2. The SMILES string of the molecule is N#Cc1c(N)c2ccccc2n1S(=O)(=O)c1ccccc1. The van der Waals surface area contributed by atoms with Crippen molar-refractivity contribution in [2.75, 3.05) is 5.73 Å². The van der Waals surface area contributed by atoms with Crippen LogP contribution in [0.2, 0.25) is 0 Å². The lowest BCUT2D eigenvalue weighted by atomic mass is 10.2. The van der Waals surface area contributed by atoms with E-state index in [4.69, 9.17) is 5.73 Å². The minimum Gasteiger partial charge on any atom is -0.396 e. The van der Waals surface area contributed by atoms with E-state index in [9.17, 15) is 13.7 Å². The fourth-order valence-electron chi connectivity index (χ4n) is 2.29. The molecule has 3 rings (SSSR count). The quantitative estimate of drug-likeness (QED) is 0.786. The van der Waals surface area contributed by atoms with Gasteiger partial charge in [-0.3, -0.25) is 0 Å². The van der Waals surface area contributed by atoms with Crippen LogP contribution in [0.4, 0.5) is 5.69 Å². The van der Waals surface area contributed by atoms with E-state index in [1.807, 2.05) is 6.07 Å². The van der Waals surface area contributed by atoms with Crippen LogP contribution in [0.5, 0.6) is 0 Å². The highest BCUT2D eigenvalue weighted by atomic mass is 32.2. The summed E-state index contributed by atoms with van der Waals surface area (Å²) in [6, 6.07) is 16.6. The van der Waals surface area contributed by atoms with Gasteiger partial charge >= 0.3 is 0 Å². The molecule has 1 heterocycles. The van der Waals surface area contributed by atoms with Crippen LogP contribution in [0.3, 0.4) is 0 Å². The summed E-state index contributed by atoms with van der Waals surface area (Å²) < 4.78 is 26.6. The van der Waals surface area contributed by atoms with E-state index in [0.29, 0.717) is 10.9 Å². The third-order valence-corrected chi connectivity index (χ3v) is 4.99. The predicted octanol–water partition coefficient (Wildman–Crippen LogP) is 2.33. The average Bonchev–Trinajstić information content (AvgIpc) is 2.81. The van der Waals surface area contributed by atoms with Crippen molar-refractivity contribution in [2.45, 2.75) is 4.90 Å². The minimum atomic E-state index is -3.87. The molecule has 0 aliphatic carbocycles. The van der Waals surface area contributed by atoms with Gasteiger partial charge in [-0.15, -0.1) is 0 Å². The zero-order valence-electron chi connectivity index (χ0n) is 10.9. The van der Waals surface area contributed by atoms with Gasteiger partial charge in [0.1, 0.15) is 6.07 Å². The molecular formula is C15H11N3O2S. The first kappa shape index (κ1) is 13.2. The number of aromatic nitrogens is 1. The number of hydrogen-bond acceptors (Lipinski definition) is 4. The lowest BCUT2D eigenvalue weighted by Gasteiger charge is -2.08. The van der Waals surface area contributed by atoms with Gasteiger partial charge in [-0.1, -0.05) is 36.4 Å². The highest BCUT2D eigenvalue weighted by Gasteiger charge is 2.25. The monoisotopic (exact) mass is 297 g/mol. The molecule has 5 nitrogen and oxygen atoms in total. The summed E-state index contributed by atoms with van der Waals surface area (Å²) in [6.45, 7) is 0. The van der Waals surface area contributed by atoms with Crippen molar-refractivity contribution < 1.29 is 8.42 Å². The van der Waals surface area contributed by atoms with Crippen LogP contribution in [0, 0.1) is 11.3 Å². The van der Waals surface area contributed by atoms with Crippen molar-refractivity contribution in [3.63, 3.8) is 0 Å². The molecule has 0 amide bonds. The summed E-state index contributed by atoms with van der Waals surface area (Å²) in [7, 11) is -3.87. The fourth-order valence-corrected chi connectivity index (χ4v) is 3.80. The van der Waals surface area contributed by atoms with Crippen molar-refractivity contribution in [3.05, 3.63) is 60.3 Å². The van der Waals surface area contributed by atoms with Crippen LogP contribution in [0.25, 0.3) is 10.9 Å². The third kappa shape index (κ3) is 1.87. The van der Waals surface area contributed by atoms with E-state index in [1.54, 1.807) is 42.5 Å². The largest absolute Gasteiger partial charge is 0.396 e. The summed E-state index contributed by atoms with van der Waals surface area (Å²) in [5.74, 6) is 0. The highest BCUT2D eigenvalue weighted by Crippen LogP contribution is 2.31. The summed E-state index contributed by atoms with van der Waals surface area (Å²) in [4.78, 5) is 0.113. The molecule has 21 heavy (non-hydrogen) atoms. The number of fused-ring (bicyclic) bond motifs is 1. The van der Waals surface area contributed by atoms with Gasteiger partial charge in [-0.25, -0.2) is 12.4 Å². The van der Waals surface area contributed by atoms with Crippen LogP contribution in [0.1, 0.15) is 5.69 Å². The number of anilines is 1. The summed E-state index contributed by atoms with van der Waals surface area (Å²) >= 11 is 0. The predicted molar refractivity (Wildman–Crippen MR) is 80.1 cm³/mol. The lowest BCUT2D eigenvalue weighted by molar-refractivity contribution is 0.588. The molecular weight excluding hydrogens is 286 g/mol. The van der Waals surface area contributed by atoms with E-state index in [-0.39, 0.29) is 16.3 Å². The maximum atomic E-state index is 12.8. The average molecular weight is 297 g/mol.